The summed E-state index contributed by atoms with van der Waals surface area (Å²) >= 11 is 0. The number of amides is 2. The van der Waals surface area contributed by atoms with Crippen LogP contribution in [-0.4, -0.2) is 43.7 Å². The van der Waals surface area contributed by atoms with Gasteiger partial charge in [0.25, 0.3) is 0 Å². The minimum atomic E-state index is -2.94. The molecule has 2 amide bonds. The van der Waals surface area contributed by atoms with Crippen LogP contribution in [0.2, 0.25) is 0 Å². The number of alkyl halides is 2. The van der Waals surface area contributed by atoms with Crippen molar-refractivity contribution in [1.82, 2.24) is 10.2 Å². The molecule has 2 rings (SSSR count). The van der Waals surface area contributed by atoms with Crippen LogP contribution in [0.25, 0.3) is 0 Å². The minimum Gasteiger partial charge on any atom is -0.433 e. The van der Waals surface area contributed by atoms with Crippen LogP contribution >= 0.6 is 0 Å². The Morgan fingerprint density at radius 2 is 2.00 bits per heavy atom. The second-order valence-electron chi connectivity index (χ2n) is 6.35. The van der Waals surface area contributed by atoms with E-state index in [1.54, 1.807) is 19.1 Å². The molecule has 1 fully saturated rings. The van der Waals surface area contributed by atoms with Crippen molar-refractivity contribution in [2.45, 2.75) is 39.3 Å². The normalized spacial score (nSPS) is 17.6. The first-order valence-electron chi connectivity index (χ1n) is 8.17. The summed E-state index contributed by atoms with van der Waals surface area (Å²) in [5.41, 5.74) is 0.932. The van der Waals surface area contributed by atoms with Gasteiger partial charge >= 0.3 is 12.6 Å². The second-order valence-corrected chi connectivity index (χ2v) is 6.35. The number of rotatable bonds is 5. The van der Waals surface area contributed by atoms with E-state index in [0.717, 1.165) is 25.9 Å². The summed E-state index contributed by atoms with van der Waals surface area (Å²) in [7, 11) is 2.09. The van der Waals surface area contributed by atoms with Gasteiger partial charge in [-0.15, -0.1) is 0 Å². The van der Waals surface area contributed by atoms with Crippen LogP contribution in [0.15, 0.2) is 18.2 Å². The highest BCUT2D eigenvalue weighted by atomic mass is 19.3. The summed E-state index contributed by atoms with van der Waals surface area (Å²) in [6.45, 7) is 2.80. The van der Waals surface area contributed by atoms with Crippen molar-refractivity contribution < 1.29 is 18.3 Å². The third-order valence-corrected chi connectivity index (χ3v) is 4.52. The van der Waals surface area contributed by atoms with Gasteiger partial charge in [-0.25, -0.2) is 4.79 Å². The summed E-state index contributed by atoms with van der Waals surface area (Å²) in [5, 5.41) is 5.55. The number of likely N-dealkylation sites (tertiary alicyclic amines) is 1. The SMILES string of the molecule is Cc1cccc(OC(F)F)c1NC(=O)N[C@H](C)C1CCN(C)CC1. The molecule has 1 aromatic rings. The van der Waals surface area contributed by atoms with Crippen molar-refractivity contribution in [2.24, 2.45) is 5.92 Å². The fraction of sp³-hybridized carbons (Fsp3) is 0.588. The van der Waals surface area contributed by atoms with Crippen LogP contribution in [0.5, 0.6) is 5.75 Å². The Labute approximate surface area is 141 Å². The van der Waals surface area contributed by atoms with Gasteiger partial charge in [0.1, 0.15) is 5.75 Å². The molecule has 134 valence electrons. The predicted molar refractivity (Wildman–Crippen MR) is 89.6 cm³/mol. The molecule has 0 spiro atoms. The maximum absolute atomic E-state index is 12.5. The zero-order chi connectivity index (χ0) is 17.7. The first kappa shape index (κ1) is 18.4. The molecule has 1 heterocycles. The first-order chi connectivity index (χ1) is 11.4. The molecule has 0 aromatic heterocycles. The topological polar surface area (TPSA) is 53.6 Å². The standard InChI is InChI=1S/C17H25F2N3O2/c1-11-5-4-6-14(24-16(18)19)15(11)21-17(23)20-12(2)13-7-9-22(3)10-8-13/h4-6,12-13,16H,7-10H2,1-3H3,(H2,20,21,23)/t12-/m1/s1. The maximum atomic E-state index is 12.5. The largest absolute Gasteiger partial charge is 0.433 e. The van der Waals surface area contributed by atoms with Gasteiger partial charge < -0.3 is 20.3 Å². The van der Waals surface area contributed by atoms with E-state index in [0.29, 0.717) is 11.5 Å². The van der Waals surface area contributed by atoms with Gasteiger partial charge in [-0.2, -0.15) is 8.78 Å². The lowest BCUT2D eigenvalue weighted by Gasteiger charge is -2.33. The second kappa shape index (κ2) is 8.28. The number of nitrogens with one attached hydrogen (secondary N) is 2. The molecular formula is C17H25F2N3O2. The van der Waals surface area contributed by atoms with Crippen molar-refractivity contribution in [3.05, 3.63) is 23.8 Å². The third-order valence-electron chi connectivity index (χ3n) is 4.52. The minimum absolute atomic E-state index is 0.0159. The Bertz CT molecular complexity index is 561. The number of carbonyl (C=O) groups excluding carboxylic acids is 1. The number of benzene rings is 1. The number of para-hydroxylation sites is 1. The number of urea groups is 1. The van der Waals surface area contributed by atoms with Crippen LogP contribution in [0.1, 0.15) is 25.3 Å². The Morgan fingerprint density at radius 1 is 1.33 bits per heavy atom. The fourth-order valence-corrected chi connectivity index (χ4v) is 3.00. The molecule has 0 unspecified atom stereocenters. The quantitative estimate of drug-likeness (QED) is 0.862. The van der Waals surface area contributed by atoms with E-state index in [9.17, 15) is 13.6 Å². The molecule has 0 radical (unpaired) electrons. The smallest absolute Gasteiger partial charge is 0.387 e. The van der Waals surface area contributed by atoms with Crippen LogP contribution in [-0.2, 0) is 0 Å². The number of nitrogens with zero attached hydrogens (tertiary/aromatic N) is 1. The van der Waals surface area contributed by atoms with Gasteiger partial charge in [0.05, 0.1) is 5.69 Å². The summed E-state index contributed by atoms with van der Waals surface area (Å²) in [6.07, 6.45) is 2.06. The number of hydrogen-bond acceptors (Lipinski definition) is 3. The van der Waals surface area contributed by atoms with E-state index < -0.39 is 12.6 Å². The number of halogens is 2. The highest BCUT2D eigenvalue weighted by Crippen LogP contribution is 2.29. The molecule has 7 heteroatoms. The van der Waals surface area contributed by atoms with Crippen LogP contribution in [0, 0.1) is 12.8 Å². The van der Waals surface area contributed by atoms with Crippen molar-refractivity contribution >= 4 is 11.7 Å². The molecule has 5 nitrogen and oxygen atoms in total. The molecule has 0 aliphatic carbocycles. The number of piperidine rings is 1. The molecule has 1 atom stereocenters. The lowest BCUT2D eigenvalue weighted by atomic mass is 9.90. The van der Waals surface area contributed by atoms with Crippen molar-refractivity contribution in [1.29, 1.82) is 0 Å². The molecule has 1 aliphatic heterocycles. The van der Waals surface area contributed by atoms with E-state index in [2.05, 4.69) is 27.3 Å². The van der Waals surface area contributed by atoms with Gasteiger partial charge in [-0.05, 0) is 64.4 Å². The van der Waals surface area contributed by atoms with Crippen LogP contribution in [0.3, 0.4) is 0 Å². The molecule has 24 heavy (non-hydrogen) atoms. The van der Waals surface area contributed by atoms with Crippen LogP contribution < -0.4 is 15.4 Å². The summed E-state index contributed by atoms with van der Waals surface area (Å²) in [5.74, 6) is 0.382. The van der Waals surface area contributed by atoms with Gasteiger partial charge in [-0.3, -0.25) is 0 Å². The number of hydrogen-bond donors (Lipinski definition) is 2. The number of carbonyl (C=O) groups is 1. The molecule has 1 aromatic carbocycles. The van der Waals surface area contributed by atoms with E-state index in [-0.39, 0.29) is 17.5 Å². The lowest BCUT2D eigenvalue weighted by Crippen LogP contribution is -2.44. The summed E-state index contributed by atoms with van der Waals surface area (Å²) in [4.78, 5) is 14.5. The van der Waals surface area contributed by atoms with Gasteiger partial charge in [0.15, 0.2) is 0 Å². The molecule has 1 saturated heterocycles. The Balaban J connectivity index is 1.97. The Hall–Kier alpha value is -1.89. The summed E-state index contributed by atoms with van der Waals surface area (Å²) < 4.78 is 29.5. The van der Waals surface area contributed by atoms with Crippen molar-refractivity contribution in [2.75, 3.05) is 25.5 Å². The zero-order valence-electron chi connectivity index (χ0n) is 14.3. The van der Waals surface area contributed by atoms with E-state index in [1.807, 2.05) is 6.92 Å². The van der Waals surface area contributed by atoms with Gasteiger partial charge in [0.2, 0.25) is 0 Å². The van der Waals surface area contributed by atoms with Gasteiger partial charge in [0, 0.05) is 6.04 Å². The number of anilines is 1. The maximum Gasteiger partial charge on any atom is 0.387 e. The van der Waals surface area contributed by atoms with E-state index >= 15 is 0 Å². The fourth-order valence-electron chi connectivity index (χ4n) is 3.00. The highest BCUT2D eigenvalue weighted by molar-refractivity contribution is 5.92. The predicted octanol–water partition coefficient (Wildman–Crippen LogP) is 3.45. The molecular weight excluding hydrogens is 316 g/mol. The first-order valence-corrected chi connectivity index (χ1v) is 8.17. The Kier molecular flexibility index (Phi) is 6.36. The Morgan fingerprint density at radius 3 is 2.62 bits per heavy atom. The number of aryl methyl sites for hydroxylation is 1. The van der Waals surface area contributed by atoms with Crippen LogP contribution in [0.4, 0.5) is 19.3 Å². The molecule has 0 bridgehead atoms. The summed E-state index contributed by atoms with van der Waals surface area (Å²) in [6, 6.07) is 4.36. The van der Waals surface area contributed by atoms with Crippen molar-refractivity contribution in [3.63, 3.8) is 0 Å². The number of ether oxygens (including phenoxy) is 1. The highest BCUT2D eigenvalue weighted by Gasteiger charge is 2.24. The lowest BCUT2D eigenvalue weighted by molar-refractivity contribution is -0.0493. The van der Waals surface area contributed by atoms with E-state index in [1.165, 1.54) is 6.07 Å². The van der Waals surface area contributed by atoms with Gasteiger partial charge in [-0.1, -0.05) is 12.1 Å². The average molecular weight is 341 g/mol. The monoisotopic (exact) mass is 341 g/mol. The van der Waals surface area contributed by atoms with E-state index in [4.69, 9.17) is 0 Å². The zero-order valence-corrected chi connectivity index (χ0v) is 14.3. The third kappa shape index (κ3) is 5.06. The van der Waals surface area contributed by atoms with Crippen molar-refractivity contribution in [3.8, 4) is 5.75 Å². The molecule has 0 saturated carbocycles. The molecule has 1 aliphatic rings. The molecule has 2 N–H and O–H groups in total. The average Bonchev–Trinajstić information content (AvgIpc) is 2.50.